The van der Waals surface area contributed by atoms with Crippen LogP contribution < -0.4 is 11.1 Å². The lowest BCUT2D eigenvalue weighted by molar-refractivity contribution is -0.142. The zero-order chi connectivity index (χ0) is 23.9. The van der Waals surface area contributed by atoms with E-state index < -0.39 is 35.2 Å². The van der Waals surface area contributed by atoms with Crippen LogP contribution in [0.4, 0.5) is 23.2 Å². The smallest absolute Gasteiger partial charge is 0.386 e. The van der Waals surface area contributed by atoms with Crippen molar-refractivity contribution >= 4 is 23.2 Å². The predicted molar refractivity (Wildman–Crippen MR) is 106 cm³/mol. The molecule has 3 heterocycles. The molecule has 0 spiro atoms. The van der Waals surface area contributed by atoms with Crippen molar-refractivity contribution in [2.45, 2.75) is 6.18 Å². The van der Waals surface area contributed by atoms with E-state index in [0.717, 1.165) is 23.0 Å². The Morgan fingerprint density at radius 2 is 1.94 bits per heavy atom. The molecule has 4 rings (SSSR count). The molecule has 1 amide bonds. The molecule has 1 N–H and O–H groups in total. The molecule has 0 radical (unpaired) electrons. The molecule has 4 aromatic rings. The monoisotopic (exact) mass is 482 g/mol. The molecule has 170 valence electrons. The first-order chi connectivity index (χ1) is 15.5. The van der Waals surface area contributed by atoms with Crippen molar-refractivity contribution in [2.75, 3.05) is 5.32 Å². The quantitative estimate of drug-likeness (QED) is 0.445. The minimum absolute atomic E-state index is 0.0343. The maximum Gasteiger partial charge on any atom is 0.437 e. The Labute approximate surface area is 186 Å². The summed E-state index contributed by atoms with van der Waals surface area (Å²) in [7, 11) is 1.26. The lowest BCUT2D eigenvalue weighted by Gasteiger charge is -2.10. The summed E-state index contributed by atoms with van der Waals surface area (Å²) in [5.41, 5.74) is -1.89. The molecule has 0 aliphatic rings. The number of amides is 1. The summed E-state index contributed by atoms with van der Waals surface area (Å²) in [5.74, 6) is -3.12. The number of benzene rings is 1. The topological polar surface area (TPSA) is 108 Å². The summed E-state index contributed by atoms with van der Waals surface area (Å²) < 4.78 is 60.6. The Morgan fingerprint density at radius 3 is 2.52 bits per heavy atom. The van der Waals surface area contributed by atoms with Gasteiger partial charge in [0.15, 0.2) is 17.2 Å². The molecule has 0 aliphatic carbocycles. The average Bonchev–Trinajstić information content (AvgIpc) is 3.35. The van der Waals surface area contributed by atoms with Gasteiger partial charge in [0.25, 0.3) is 11.8 Å². The maximum absolute atomic E-state index is 13.9. The molecular weight excluding hydrogens is 472 g/mol. The highest BCUT2D eigenvalue weighted by Gasteiger charge is 2.37. The van der Waals surface area contributed by atoms with Crippen LogP contribution in [-0.4, -0.2) is 30.5 Å². The number of para-hydroxylation sites is 1. The number of carbonyl (C=O) groups is 1. The molecule has 0 atom stereocenters. The summed E-state index contributed by atoms with van der Waals surface area (Å²) >= 11 is 5.87. The molecule has 0 saturated carbocycles. The van der Waals surface area contributed by atoms with Crippen LogP contribution in [0.25, 0.3) is 17.4 Å². The SMILES string of the molecule is Cn1nc(-c2cc(C(F)(F)F)n(-c3ccc(C(=O)Nc4c(F)cccc4Cl)cn3)n2)oc1=O. The van der Waals surface area contributed by atoms with Crippen molar-refractivity contribution in [1.29, 1.82) is 0 Å². The van der Waals surface area contributed by atoms with Crippen LogP contribution in [-0.2, 0) is 13.2 Å². The lowest BCUT2D eigenvalue weighted by Crippen LogP contribution is -2.16. The largest absolute Gasteiger partial charge is 0.437 e. The van der Waals surface area contributed by atoms with Crippen LogP contribution in [0.1, 0.15) is 16.1 Å². The van der Waals surface area contributed by atoms with E-state index in [2.05, 4.69) is 20.5 Å². The molecule has 14 heteroatoms. The number of aromatic nitrogens is 5. The van der Waals surface area contributed by atoms with Gasteiger partial charge in [-0.25, -0.2) is 18.9 Å². The maximum atomic E-state index is 13.9. The van der Waals surface area contributed by atoms with Crippen LogP contribution >= 0.6 is 11.6 Å². The minimum Gasteiger partial charge on any atom is -0.386 e. The van der Waals surface area contributed by atoms with Crippen LogP contribution in [0.5, 0.6) is 0 Å². The third kappa shape index (κ3) is 4.35. The van der Waals surface area contributed by atoms with E-state index in [4.69, 9.17) is 16.0 Å². The summed E-state index contributed by atoms with van der Waals surface area (Å²) in [6.45, 7) is 0. The van der Waals surface area contributed by atoms with Gasteiger partial charge in [-0.15, -0.1) is 5.10 Å². The molecule has 0 unspecified atom stereocenters. The number of anilines is 1. The van der Waals surface area contributed by atoms with Crippen molar-refractivity contribution in [3.63, 3.8) is 0 Å². The highest BCUT2D eigenvalue weighted by Crippen LogP contribution is 2.33. The molecule has 0 saturated heterocycles. The van der Waals surface area contributed by atoms with Gasteiger partial charge >= 0.3 is 11.9 Å². The van der Waals surface area contributed by atoms with Gasteiger partial charge in [-0.1, -0.05) is 17.7 Å². The summed E-state index contributed by atoms with van der Waals surface area (Å²) in [6, 6.07) is 6.76. The second kappa shape index (κ2) is 8.16. The summed E-state index contributed by atoms with van der Waals surface area (Å²) in [5, 5.41) is 9.72. The Morgan fingerprint density at radius 1 is 1.18 bits per heavy atom. The van der Waals surface area contributed by atoms with Crippen molar-refractivity contribution in [1.82, 2.24) is 24.5 Å². The molecular formula is C19H11ClF4N6O3. The van der Waals surface area contributed by atoms with Crippen LogP contribution in [0.3, 0.4) is 0 Å². The van der Waals surface area contributed by atoms with E-state index in [0.29, 0.717) is 10.7 Å². The Kier molecular flexibility index (Phi) is 5.49. The zero-order valence-corrected chi connectivity index (χ0v) is 17.1. The first-order valence-electron chi connectivity index (χ1n) is 8.98. The first-order valence-corrected chi connectivity index (χ1v) is 9.36. The van der Waals surface area contributed by atoms with E-state index in [1.54, 1.807) is 0 Å². The van der Waals surface area contributed by atoms with Crippen LogP contribution in [0.2, 0.25) is 5.02 Å². The van der Waals surface area contributed by atoms with Gasteiger partial charge in [0.2, 0.25) is 0 Å². The van der Waals surface area contributed by atoms with Crippen molar-refractivity contribution in [2.24, 2.45) is 7.05 Å². The number of hydrogen-bond donors (Lipinski definition) is 1. The molecule has 0 fully saturated rings. The first kappa shape index (κ1) is 22.2. The molecule has 1 aromatic carbocycles. The fourth-order valence-electron chi connectivity index (χ4n) is 2.76. The van der Waals surface area contributed by atoms with E-state index in [-0.39, 0.29) is 27.8 Å². The molecule has 9 nitrogen and oxygen atoms in total. The number of carbonyl (C=O) groups excluding carboxylic acids is 1. The molecule has 33 heavy (non-hydrogen) atoms. The van der Waals surface area contributed by atoms with Gasteiger partial charge in [0.05, 0.1) is 16.3 Å². The summed E-state index contributed by atoms with van der Waals surface area (Å²) in [6.07, 6.45) is -3.85. The zero-order valence-electron chi connectivity index (χ0n) is 16.4. The highest BCUT2D eigenvalue weighted by molar-refractivity contribution is 6.34. The van der Waals surface area contributed by atoms with E-state index in [1.807, 2.05) is 0 Å². The van der Waals surface area contributed by atoms with Crippen molar-refractivity contribution < 1.29 is 26.8 Å². The van der Waals surface area contributed by atoms with Crippen LogP contribution in [0.15, 0.2) is 51.8 Å². The van der Waals surface area contributed by atoms with E-state index in [1.165, 1.54) is 25.2 Å². The summed E-state index contributed by atoms with van der Waals surface area (Å²) in [4.78, 5) is 27.7. The van der Waals surface area contributed by atoms with Gasteiger partial charge in [-0.2, -0.15) is 23.0 Å². The molecule has 0 aliphatic heterocycles. The Balaban J connectivity index is 1.67. The van der Waals surface area contributed by atoms with Gasteiger partial charge in [-0.05, 0) is 24.3 Å². The lowest BCUT2D eigenvalue weighted by atomic mass is 10.2. The van der Waals surface area contributed by atoms with Gasteiger partial charge < -0.3 is 9.73 Å². The van der Waals surface area contributed by atoms with Crippen molar-refractivity contribution in [3.8, 4) is 17.4 Å². The highest BCUT2D eigenvalue weighted by atomic mass is 35.5. The number of rotatable bonds is 4. The molecule has 3 aromatic heterocycles. The van der Waals surface area contributed by atoms with Crippen LogP contribution in [0, 0.1) is 5.82 Å². The van der Waals surface area contributed by atoms with Gasteiger partial charge in [0.1, 0.15) is 5.82 Å². The fourth-order valence-corrected chi connectivity index (χ4v) is 2.97. The van der Waals surface area contributed by atoms with E-state index in [9.17, 15) is 27.2 Å². The number of hydrogen-bond acceptors (Lipinski definition) is 6. The Hall–Kier alpha value is -4.00. The second-order valence-corrected chi connectivity index (χ2v) is 6.98. The third-order valence-corrected chi connectivity index (χ3v) is 4.65. The predicted octanol–water partition coefficient (Wildman–Crippen LogP) is 3.68. The number of alkyl halides is 3. The number of pyridine rings is 1. The molecule has 0 bridgehead atoms. The normalized spacial score (nSPS) is 11.6. The second-order valence-electron chi connectivity index (χ2n) is 6.58. The van der Waals surface area contributed by atoms with Gasteiger partial charge in [0, 0.05) is 19.3 Å². The average molecular weight is 483 g/mol. The minimum atomic E-state index is -4.83. The van der Waals surface area contributed by atoms with Gasteiger partial charge in [-0.3, -0.25) is 4.79 Å². The number of aryl methyl sites for hydroxylation is 1. The van der Waals surface area contributed by atoms with Crippen molar-refractivity contribution in [3.05, 3.63) is 75.2 Å². The van der Waals surface area contributed by atoms with E-state index >= 15 is 0 Å². The fraction of sp³-hybridized carbons (Fsp3) is 0.105. The standard InChI is InChI=1S/C19H11ClF4N6O3/c1-29-18(32)33-17(28-29)12-7-13(19(22,23)24)30(27-12)14-6-5-9(8-25-14)16(31)26-15-10(20)3-2-4-11(15)21/h2-8H,1H3,(H,26,31). The number of nitrogens with zero attached hydrogens (tertiary/aromatic N) is 5. The number of nitrogens with one attached hydrogen (secondary N) is 1. The Bertz CT molecular complexity index is 1390. The third-order valence-electron chi connectivity index (χ3n) is 4.34. The number of halogens is 5.